The zero-order valence-electron chi connectivity index (χ0n) is 17.1. The first-order valence-corrected chi connectivity index (χ1v) is 15.3. The van der Waals surface area contributed by atoms with Crippen molar-refractivity contribution in [2.75, 3.05) is 53.4 Å². The SMILES string of the molecule is CCO[Si](CCCNSSCCC[Si](OC)(OC)OC)(OCC)OCC. The lowest BCUT2D eigenvalue weighted by molar-refractivity contribution is 0.0709. The Morgan fingerprint density at radius 1 is 0.731 bits per heavy atom. The van der Waals surface area contributed by atoms with E-state index in [0.717, 1.165) is 37.2 Å². The van der Waals surface area contributed by atoms with Crippen molar-refractivity contribution in [3.63, 3.8) is 0 Å². The van der Waals surface area contributed by atoms with Crippen LogP contribution in [0.3, 0.4) is 0 Å². The summed E-state index contributed by atoms with van der Waals surface area (Å²) in [6.45, 7) is 8.72. The molecule has 0 radical (unpaired) electrons. The molecule has 26 heavy (non-hydrogen) atoms. The van der Waals surface area contributed by atoms with E-state index >= 15 is 0 Å². The number of nitrogens with one attached hydrogen (secondary N) is 1. The van der Waals surface area contributed by atoms with Crippen molar-refractivity contribution in [1.82, 2.24) is 4.72 Å². The van der Waals surface area contributed by atoms with Crippen molar-refractivity contribution >= 4 is 39.4 Å². The van der Waals surface area contributed by atoms with E-state index in [-0.39, 0.29) is 0 Å². The molecule has 158 valence electrons. The van der Waals surface area contributed by atoms with Crippen LogP contribution in [-0.4, -0.2) is 71.1 Å². The van der Waals surface area contributed by atoms with Gasteiger partial charge in [-0.15, -0.1) is 0 Å². The Hall–Kier alpha value is 0.854. The minimum absolute atomic E-state index is 0.624. The van der Waals surface area contributed by atoms with Crippen LogP contribution in [0, 0.1) is 0 Å². The lowest BCUT2D eigenvalue weighted by Crippen LogP contribution is -2.46. The predicted octanol–water partition coefficient (Wildman–Crippen LogP) is 3.58. The van der Waals surface area contributed by atoms with Crippen LogP contribution in [0.1, 0.15) is 33.6 Å². The highest BCUT2D eigenvalue weighted by Gasteiger charge is 2.39. The standard InChI is InChI=1S/C15H37NO6S2Si2/c1-7-20-26(21-8-2,22-9-3)14-10-12-16-24-23-13-11-15-25(17-4,18-5)19-6/h16H,7-15H2,1-6H3. The van der Waals surface area contributed by atoms with E-state index in [1.54, 1.807) is 43.1 Å². The van der Waals surface area contributed by atoms with Gasteiger partial charge < -0.3 is 26.6 Å². The molecule has 0 saturated carbocycles. The Morgan fingerprint density at radius 3 is 1.69 bits per heavy atom. The molecule has 0 aliphatic heterocycles. The van der Waals surface area contributed by atoms with E-state index in [1.807, 2.05) is 20.8 Å². The van der Waals surface area contributed by atoms with Gasteiger partial charge in [-0.1, -0.05) is 10.8 Å². The minimum Gasteiger partial charge on any atom is -0.377 e. The first-order valence-electron chi connectivity index (χ1n) is 9.16. The van der Waals surface area contributed by atoms with Crippen LogP contribution in [0.2, 0.25) is 12.1 Å². The highest BCUT2D eigenvalue weighted by Crippen LogP contribution is 2.23. The van der Waals surface area contributed by atoms with Crippen molar-refractivity contribution < 1.29 is 26.6 Å². The van der Waals surface area contributed by atoms with E-state index in [0.29, 0.717) is 19.8 Å². The van der Waals surface area contributed by atoms with E-state index in [9.17, 15) is 0 Å². The fraction of sp³-hybridized carbons (Fsp3) is 1.00. The molecule has 1 N–H and O–H groups in total. The molecule has 0 heterocycles. The van der Waals surface area contributed by atoms with Crippen LogP contribution in [0.15, 0.2) is 0 Å². The molecule has 0 aliphatic carbocycles. The first-order chi connectivity index (χ1) is 12.6. The van der Waals surface area contributed by atoms with Gasteiger partial charge in [0.1, 0.15) is 0 Å². The van der Waals surface area contributed by atoms with Gasteiger partial charge in [-0.05, 0) is 44.6 Å². The second-order valence-corrected chi connectivity index (χ2v) is 13.4. The molecule has 0 fully saturated rings. The van der Waals surface area contributed by atoms with Gasteiger partial charge >= 0.3 is 17.6 Å². The van der Waals surface area contributed by atoms with Crippen LogP contribution in [-0.2, 0) is 26.6 Å². The average Bonchev–Trinajstić information content (AvgIpc) is 2.65. The van der Waals surface area contributed by atoms with Crippen molar-refractivity contribution in [2.45, 2.75) is 45.7 Å². The van der Waals surface area contributed by atoms with Gasteiger partial charge in [-0.2, -0.15) is 0 Å². The number of hydrogen-bond donors (Lipinski definition) is 1. The zero-order chi connectivity index (χ0) is 19.7. The zero-order valence-corrected chi connectivity index (χ0v) is 20.8. The van der Waals surface area contributed by atoms with Crippen LogP contribution in [0.4, 0.5) is 0 Å². The molecule has 0 bridgehead atoms. The summed E-state index contributed by atoms with van der Waals surface area (Å²) in [6.07, 6.45) is 1.96. The Balaban J connectivity index is 3.88. The van der Waals surface area contributed by atoms with Crippen molar-refractivity contribution in [2.24, 2.45) is 0 Å². The molecule has 0 aromatic rings. The molecule has 0 aromatic carbocycles. The van der Waals surface area contributed by atoms with Gasteiger partial charge in [0.05, 0.1) is 0 Å². The van der Waals surface area contributed by atoms with Crippen LogP contribution in [0.25, 0.3) is 0 Å². The Morgan fingerprint density at radius 2 is 1.23 bits per heavy atom. The summed E-state index contributed by atoms with van der Waals surface area (Å²) in [6, 6.07) is 1.67. The lowest BCUT2D eigenvalue weighted by Gasteiger charge is -2.28. The minimum atomic E-state index is -2.50. The van der Waals surface area contributed by atoms with E-state index in [4.69, 9.17) is 26.6 Å². The molecule has 0 atom stereocenters. The third kappa shape index (κ3) is 11.0. The van der Waals surface area contributed by atoms with E-state index < -0.39 is 17.6 Å². The van der Waals surface area contributed by atoms with Crippen LogP contribution < -0.4 is 4.72 Å². The summed E-state index contributed by atoms with van der Waals surface area (Å²) in [7, 11) is 3.49. The first kappa shape index (κ1) is 26.9. The predicted molar refractivity (Wildman–Crippen MR) is 114 cm³/mol. The van der Waals surface area contributed by atoms with Crippen LogP contribution >= 0.6 is 21.8 Å². The monoisotopic (exact) mass is 447 g/mol. The summed E-state index contributed by atoms with van der Waals surface area (Å²) in [5, 5.41) is 0. The molecule has 11 heteroatoms. The molecule has 0 aliphatic rings. The highest BCUT2D eigenvalue weighted by atomic mass is 33.1. The van der Waals surface area contributed by atoms with Crippen molar-refractivity contribution in [3.8, 4) is 0 Å². The van der Waals surface area contributed by atoms with E-state index in [1.165, 1.54) is 0 Å². The molecule has 0 amide bonds. The highest BCUT2D eigenvalue weighted by molar-refractivity contribution is 8.76. The van der Waals surface area contributed by atoms with E-state index in [2.05, 4.69) is 4.72 Å². The third-order valence-electron chi connectivity index (χ3n) is 3.62. The molecular weight excluding hydrogens is 410 g/mol. The summed E-state index contributed by atoms with van der Waals surface area (Å²) in [5.41, 5.74) is 0. The molecular formula is C15H37NO6S2Si2. The maximum absolute atomic E-state index is 5.86. The van der Waals surface area contributed by atoms with Gasteiger partial charge in [0.25, 0.3) is 0 Å². The second kappa shape index (κ2) is 16.8. The summed E-state index contributed by atoms with van der Waals surface area (Å²) in [5.74, 6) is 1.01. The molecule has 0 rings (SSSR count). The largest absolute Gasteiger partial charge is 0.500 e. The normalized spacial score (nSPS) is 12.7. The molecule has 7 nitrogen and oxygen atoms in total. The molecule has 0 spiro atoms. The maximum Gasteiger partial charge on any atom is 0.500 e. The van der Waals surface area contributed by atoms with Gasteiger partial charge in [-0.25, -0.2) is 0 Å². The third-order valence-corrected chi connectivity index (χ3v) is 11.7. The average molecular weight is 448 g/mol. The fourth-order valence-electron chi connectivity index (χ4n) is 2.41. The molecule has 0 saturated heterocycles. The van der Waals surface area contributed by atoms with Crippen molar-refractivity contribution in [1.29, 1.82) is 0 Å². The topological polar surface area (TPSA) is 67.4 Å². The van der Waals surface area contributed by atoms with Gasteiger partial charge in [0, 0.05) is 65.5 Å². The van der Waals surface area contributed by atoms with Gasteiger partial charge in [0.15, 0.2) is 0 Å². The quantitative estimate of drug-likeness (QED) is 0.138. The van der Waals surface area contributed by atoms with Gasteiger partial charge in [-0.3, -0.25) is 4.72 Å². The van der Waals surface area contributed by atoms with Crippen molar-refractivity contribution in [3.05, 3.63) is 0 Å². The molecule has 0 aromatic heterocycles. The lowest BCUT2D eigenvalue weighted by atomic mass is 10.5. The Labute approximate surface area is 169 Å². The number of rotatable bonds is 19. The summed E-state index contributed by atoms with van der Waals surface area (Å²) >= 11 is 0. The molecule has 0 unspecified atom stereocenters. The number of hydrogen-bond acceptors (Lipinski definition) is 9. The Kier molecular flexibility index (Phi) is 17.3. The van der Waals surface area contributed by atoms with Crippen LogP contribution in [0.5, 0.6) is 0 Å². The summed E-state index contributed by atoms with van der Waals surface area (Å²) < 4.78 is 37.2. The summed E-state index contributed by atoms with van der Waals surface area (Å²) in [4.78, 5) is 0. The smallest absolute Gasteiger partial charge is 0.377 e. The Bertz CT molecular complexity index is 305. The maximum atomic E-state index is 5.86. The van der Waals surface area contributed by atoms with Gasteiger partial charge in [0.2, 0.25) is 0 Å². The fourth-order valence-corrected chi connectivity index (χ4v) is 8.76. The second-order valence-electron chi connectivity index (χ2n) is 5.28.